The van der Waals surface area contributed by atoms with Crippen molar-refractivity contribution in [1.82, 2.24) is 20.5 Å². The summed E-state index contributed by atoms with van der Waals surface area (Å²) in [5.74, 6) is 1.88. The first kappa shape index (κ1) is 21.0. The number of para-hydroxylation sites is 1. The van der Waals surface area contributed by atoms with Gasteiger partial charge < -0.3 is 21.1 Å². The summed E-state index contributed by atoms with van der Waals surface area (Å²) in [5.41, 5.74) is 10.9. The van der Waals surface area contributed by atoms with E-state index in [1.807, 2.05) is 84.9 Å². The van der Waals surface area contributed by atoms with E-state index in [-0.39, 0.29) is 6.03 Å². The van der Waals surface area contributed by atoms with Crippen molar-refractivity contribution in [3.63, 3.8) is 0 Å². The molecule has 0 aliphatic rings. The maximum absolute atomic E-state index is 11.5. The van der Waals surface area contributed by atoms with Crippen LogP contribution in [0.2, 0.25) is 0 Å². The van der Waals surface area contributed by atoms with E-state index >= 15 is 0 Å². The summed E-state index contributed by atoms with van der Waals surface area (Å²) in [4.78, 5) is 16.5. The number of aromatic amines is 1. The lowest BCUT2D eigenvalue weighted by atomic mass is 10.0. The smallest absolute Gasteiger partial charge is 0.318 e. The van der Waals surface area contributed by atoms with Gasteiger partial charge >= 0.3 is 6.03 Å². The zero-order valence-electron chi connectivity index (χ0n) is 18.4. The molecule has 0 fully saturated rings. The predicted octanol–water partition coefficient (Wildman–Crippen LogP) is 5.42. The maximum atomic E-state index is 11.5. The van der Waals surface area contributed by atoms with Crippen molar-refractivity contribution in [2.45, 2.75) is 0 Å². The number of amides is 2. The number of anilines is 2. The summed E-state index contributed by atoms with van der Waals surface area (Å²) >= 11 is 0. The molecule has 5 rings (SSSR count). The second kappa shape index (κ2) is 8.95. The van der Waals surface area contributed by atoms with Gasteiger partial charge in [0.2, 0.25) is 0 Å². The molecule has 34 heavy (non-hydrogen) atoms. The largest absolute Gasteiger partial charge is 0.457 e. The van der Waals surface area contributed by atoms with Crippen molar-refractivity contribution in [3.8, 4) is 34.0 Å². The zero-order chi connectivity index (χ0) is 23.5. The van der Waals surface area contributed by atoms with Gasteiger partial charge in [-0.25, -0.2) is 9.78 Å². The van der Waals surface area contributed by atoms with Gasteiger partial charge in [-0.2, -0.15) is 5.10 Å². The number of rotatable bonds is 5. The van der Waals surface area contributed by atoms with E-state index in [0.29, 0.717) is 11.5 Å². The summed E-state index contributed by atoms with van der Waals surface area (Å²) < 4.78 is 5.91. The van der Waals surface area contributed by atoms with Gasteiger partial charge in [-0.15, -0.1) is 0 Å². The van der Waals surface area contributed by atoms with E-state index in [1.54, 1.807) is 7.05 Å². The van der Waals surface area contributed by atoms with Gasteiger partial charge in [-0.3, -0.25) is 5.10 Å². The van der Waals surface area contributed by atoms with Crippen molar-refractivity contribution in [1.29, 1.82) is 0 Å². The molecule has 0 saturated carbocycles. The van der Waals surface area contributed by atoms with Crippen LogP contribution in [0.15, 0.2) is 84.9 Å². The second-order valence-electron chi connectivity index (χ2n) is 7.61. The van der Waals surface area contributed by atoms with Crippen LogP contribution in [-0.4, -0.2) is 28.3 Å². The summed E-state index contributed by atoms with van der Waals surface area (Å²) in [6, 6.07) is 26.4. The van der Waals surface area contributed by atoms with Gasteiger partial charge in [0.25, 0.3) is 0 Å². The first-order valence-electron chi connectivity index (χ1n) is 10.7. The van der Waals surface area contributed by atoms with Gasteiger partial charge in [-0.05, 0) is 54.6 Å². The molecule has 2 aromatic heterocycles. The lowest BCUT2D eigenvalue weighted by Gasteiger charge is -2.10. The first-order chi connectivity index (χ1) is 16.6. The lowest BCUT2D eigenvalue weighted by molar-refractivity contribution is 0.254. The highest BCUT2D eigenvalue weighted by atomic mass is 16.5. The molecule has 0 aliphatic carbocycles. The van der Waals surface area contributed by atoms with Crippen molar-refractivity contribution in [3.05, 3.63) is 84.9 Å². The third kappa shape index (κ3) is 4.24. The molecule has 3 aromatic carbocycles. The van der Waals surface area contributed by atoms with Crippen LogP contribution in [0.4, 0.5) is 16.3 Å². The number of H-pyrrole nitrogens is 1. The van der Waals surface area contributed by atoms with Crippen LogP contribution < -0.4 is 21.1 Å². The lowest BCUT2D eigenvalue weighted by Crippen LogP contribution is -2.24. The highest BCUT2D eigenvalue weighted by molar-refractivity contribution is 6.01. The average Bonchev–Trinajstić information content (AvgIpc) is 3.25. The Morgan fingerprint density at radius 1 is 0.912 bits per heavy atom. The fraction of sp³-hybridized carbons (Fsp3) is 0.0385. The molecule has 8 nitrogen and oxygen atoms in total. The minimum Gasteiger partial charge on any atom is -0.457 e. The number of nitrogens with one attached hydrogen (secondary N) is 3. The third-order valence-electron chi connectivity index (χ3n) is 5.34. The van der Waals surface area contributed by atoms with Gasteiger partial charge in [0.15, 0.2) is 5.82 Å². The number of benzene rings is 3. The van der Waals surface area contributed by atoms with Crippen LogP contribution in [0, 0.1) is 0 Å². The fourth-order valence-corrected chi connectivity index (χ4v) is 3.65. The third-order valence-corrected chi connectivity index (χ3v) is 5.34. The van der Waals surface area contributed by atoms with Gasteiger partial charge in [0.05, 0.1) is 22.3 Å². The van der Waals surface area contributed by atoms with Crippen LogP contribution >= 0.6 is 0 Å². The van der Waals surface area contributed by atoms with Crippen molar-refractivity contribution in [2.75, 3.05) is 18.1 Å². The Bertz CT molecular complexity index is 1450. The van der Waals surface area contributed by atoms with Crippen LogP contribution in [0.25, 0.3) is 33.4 Å². The number of nitrogen functional groups attached to an aromatic ring is 1. The monoisotopic (exact) mass is 450 g/mol. The zero-order valence-corrected chi connectivity index (χ0v) is 18.4. The van der Waals surface area contributed by atoms with Crippen LogP contribution in [0.1, 0.15) is 0 Å². The van der Waals surface area contributed by atoms with Crippen molar-refractivity contribution in [2.24, 2.45) is 0 Å². The Morgan fingerprint density at radius 2 is 1.59 bits per heavy atom. The molecule has 0 spiro atoms. The van der Waals surface area contributed by atoms with E-state index in [1.165, 1.54) is 0 Å². The normalized spacial score (nSPS) is 10.7. The van der Waals surface area contributed by atoms with Gasteiger partial charge in [0.1, 0.15) is 11.5 Å². The topological polar surface area (TPSA) is 118 Å². The molecular formula is C26H22N6O2. The minimum atomic E-state index is -0.276. The van der Waals surface area contributed by atoms with E-state index in [9.17, 15) is 4.79 Å². The number of nitrogens with two attached hydrogens (primary N) is 1. The second-order valence-corrected chi connectivity index (χ2v) is 7.61. The summed E-state index contributed by atoms with van der Waals surface area (Å²) in [6.07, 6.45) is 0. The SMILES string of the molecule is CNC(=O)Nc1ccc(-c2cc3[nH]nc(N)c3c(-c3ccc(Oc4ccccc4)cc3)n2)cc1. The molecule has 0 radical (unpaired) electrons. The molecule has 2 amide bonds. The highest BCUT2D eigenvalue weighted by Gasteiger charge is 2.15. The van der Waals surface area contributed by atoms with Crippen LogP contribution in [0.3, 0.4) is 0 Å². The van der Waals surface area contributed by atoms with Gasteiger partial charge in [-0.1, -0.05) is 30.3 Å². The number of aromatic nitrogens is 3. The Balaban J connectivity index is 1.50. The Kier molecular flexibility index (Phi) is 5.53. The maximum Gasteiger partial charge on any atom is 0.318 e. The molecular weight excluding hydrogens is 428 g/mol. The van der Waals surface area contributed by atoms with Gasteiger partial charge in [0, 0.05) is 23.9 Å². The Labute approximate surface area is 195 Å². The number of carbonyl (C=O) groups excluding carboxylic acids is 1. The van der Waals surface area contributed by atoms with E-state index < -0.39 is 0 Å². The molecule has 8 heteroatoms. The molecule has 168 valence electrons. The molecule has 0 unspecified atom stereocenters. The molecule has 5 N–H and O–H groups in total. The summed E-state index contributed by atoms with van der Waals surface area (Å²) in [6.45, 7) is 0. The Morgan fingerprint density at radius 3 is 2.29 bits per heavy atom. The van der Waals surface area contributed by atoms with Crippen LogP contribution in [-0.2, 0) is 0 Å². The standard InChI is InChI=1S/C26H22N6O2/c1-28-26(33)29-18-11-7-16(8-12-18)21-15-22-23(25(27)32-31-22)24(30-21)17-9-13-20(14-10-17)34-19-5-3-2-4-6-19/h2-15H,1H3,(H3,27,31,32)(H2,28,29,33). The summed E-state index contributed by atoms with van der Waals surface area (Å²) in [7, 11) is 1.57. The number of nitrogens with zero attached hydrogens (tertiary/aromatic N) is 2. The molecule has 0 atom stereocenters. The number of ether oxygens (including phenoxy) is 1. The van der Waals surface area contributed by atoms with E-state index in [0.717, 1.165) is 44.9 Å². The molecule has 0 aliphatic heterocycles. The quantitative estimate of drug-likeness (QED) is 0.285. The van der Waals surface area contributed by atoms with Crippen LogP contribution in [0.5, 0.6) is 11.5 Å². The van der Waals surface area contributed by atoms with Crippen molar-refractivity contribution >= 4 is 28.4 Å². The predicted molar refractivity (Wildman–Crippen MR) is 134 cm³/mol. The molecule has 5 aromatic rings. The molecule has 2 heterocycles. The number of carbonyl (C=O) groups is 1. The molecule has 0 bridgehead atoms. The molecule has 0 saturated heterocycles. The minimum absolute atomic E-state index is 0.276. The average molecular weight is 451 g/mol. The Hall–Kier alpha value is -4.85. The first-order valence-corrected chi connectivity index (χ1v) is 10.7. The van der Waals surface area contributed by atoms with E-state index in [2.05, 4.69) is 20.8 Å². The number of urea groups is 1. The summed E-state index contributed by atoms with van der Waals surface area (Å²) in [5, 5.41) is 13.2. The number of hydrogen-bond donors (Lipinski definition) is 4. The fourth-order valence-electron chi connectivity index (χ4n) is 3.65. The number of hydrogen-bond acceptors (Lipinski definition) is 5. The highest BCUT2D eigenvalue weighted by Crippen LogP contribution is 2.34. The van der Waals surface area contributed by atoms with E-state index in [4.69, 9.17) is 15.5 Å². The van der Waals surface area contributed by atoms with Crippen molar-refractivity contribution < 1.29 is 9.53 Å². The number of pyridine rings is 1. The number of fused-ring (bicyclic) bond motifs is 1.